The van der Waals surface area contributed by atoms with Gasteiger partial charge in [-0.05, 0) is 74.7 Å². The summed E-state index contributed by atoms with van der Waals surface area (Å²) in [5.41, 5.74) is 2.07. The summed E-state index contributed by atoms with van der Waals surface area (Å²) in [6.45, 7) is 20.2. The fourth-order valence-electron chi connectivity index (χ4n) is 3.47. The Hall–Kier alpha value is -5.83. The van der Waals surface area contributed by atoms with Crippen LogP contribution in [0, 0.1) is 5.82 Å². The molecule has 0 radical (unpaired) electrons. The molecule has 0 heterocycles. The molecule has 0 spiro atoms. The van der Waals surface area contributed by atoms with Gasteiger partial charge in [0.25, 0.3) is 0 Å². The first-order valence-corrected chi connectivity index (χ1v) is 13.4. The van der Waals surface area contributed by atoms with Crippen LogP contribution >= 0.6 is 0 Å². The van der Waals surface area contributed by atoms with E-state index in [4.69, 9.17) is 18.9 Å². The van der Waals surface area contributed by atoms with Crippen LogP contribution in [0.5, 0.6) is 23.0 Å². The molecule has 0 unspecified atom stereocenters. The molecule has 0 fully saturated rings. The van der Waals surface area contributed by atoms with Gasteiger partial charge in [0.05, 0.1) is 0 Å². The lowest BCUT2D eigenvalue weighted by molar-refractivity contribution is -0.131. The third-order valence-electron chi connectivity index (χ3n) is 5.81. The molecule has 0 bridgehead atoms. The van der Waals surface area contributed by atoms with Crippen molar-refractivity contribution in [1.29, 1.82) is 0 Å². The maximum atomic E-state index is 15.3. The Labute approximate surface area is 260 Å². The van der Waals surface area contributed by atoms with E-state index in [1.54, 1.807) is 12.1 Å². The van der Waals surface area contributed by atoms with Gasteiger partial charge >= 0.3 is 23.9 Å². The average molecular weight is 611 g/mol. The zero-order valence-corrected chi connectivity index (χ0v) is 25.3. The summed E-state index contributed by atoms with van der Waals surface area (Å²) in [5, 5.41) is 0. The van der Waals surface area contributed by atoms with Gasteiger partial charge in [0.1, 0.15) is 28.8 Å². The first kappa shape index (κ1) is 33.7. The van der Waals surface area contributed by atoms with Gasteiger partial charge in [-0.3, -0.25) is 0 Å². The molecule has 0 saturated carbocycles. The van der Waals surface area contributed by atoms with E-state index < -0.39 is 29.7 Å². The molecule has 0 saturated heterocycles. The van der Waals surface area contributed by atoms with E-state index in [1.165, 1.54) is 82.3 Å². The Morgan fingerprint density at radius 1 is 0.533 bits per heavy atom. The summed E-state index contributed by atoms with van der Waals surface area (Å²) in [6, 6.07) is 13.1. The predicted molar refractivity (Wildman–Crippen MR) is 169 cm³/mol. The number of benzene rings is 3. The highest BCUT2D eigenvalue weighted by molar-refractivity contribution is 5.91. The molecule has 45 heavy (non-hydrogen) atoms. The fraction of sp³-hybridized carbons (Fsp3) is 0.111. The van der Waals surface area contributed by atoms with Crippen LogP contribution in [0.4, 0.5) is 4.39 Å². The van der Waals surface area contributed by atoms with Gasteiger partial charge in [-0.15, -0.1) is 0 Å². The van der Waals surface area contributed by atoms with E-state index in [9.17, 15) is 19.2 Å². The minimum atomic E-state index is -0.688. The summed E-state index contributed by atoms with van der Waals surface area (Å²) in [5.74, 6) is -3.04. The van der Waals surface area contributed by atoms with Crippen molar-refractivity contribution < 1.29 is 42.5 Å². The number of hydrogen-bond acceptors (Lipinski definition) is 8. The van der Waals surface area contributed by atoms with Crippen molar-refractivity contribution in [3.8, 4) is 34.1 Å². The van der Waals surface area contributed by atoms with E-state index in [2.05, 4.69) is 26.3 Å². The lowest BCUT2D eigenvalue weighted by Gasteiger charge is -2.12. The second kappa shape index (κ2) is 14.6. The van der Waals surface area contributed by atoms with E-state index >= 15 is 4.39 Å². The van der Waals surface area contributed by atoms with Gasteiger partial charge in [0.15, 0.2) is 0 Å². The van der Waals surface area contributed by atoms with Crippen LogP contribution in [0.3, 0.4) is 0 Å². The molecule has 0 aliphatic heterocycles. The molecule has 3 aromatic rings. The minimum absolute atomic E-state index is 0.0600. The van der Waals surface area contributed by atoms with Crippen LogP contribution in [-0.4, -0.2) is 23.9 Å². The Balaban J connectivity index is 1.97. The highest BCUT2D eigenvalue weighted by Crippen LogP contribution is 2.32. The molecule has 0 aliphatic rings. The summed E-state index contributed by atoms with van der Waals surface area (Å²) in [7, 11) is 0. The van der Waals surface area contributed by atoms with Crippen LogP contribution in [0.25, 0.3) is 23.3 Å². The molecular weight excluding hydrogens is 579 g/mol. The SMILES string of the molecule is C=C(C)C(=O)Oc1cc(C=Cc2ccc(-c3cc(OC(=O)C(=C)C)cc(OC(=O)C(=C)C)c3)cc2F)cc(OC(=O)C(=C)C)c1. The zero-order valence-electron chi connectivity index (χ0n) is 25.3. The topological polar surface area (TPSA) is 105 Å². The van der Waals surface area contributed by atoms with Gasteiger partial charge in [-0.25, -0.2) is 23.6 Å². The maximum Gasteiger partial charge on any atom is 0.338 e. The van der Waals surface area contributed by atoms with Crippen LogP contribution in [-0.2, 0) is 19.2 Å². The number of rotatable bonds is 11. The summed E-state index contributed by atoms with van der Waals surface area (Å²) < 4.78 is 36.6. The smallest absolute Gasteiger partial charge is 0.338 e. The molecule has 0 amide bonds. The summed E-state index contributed by atoms with van der Waals surface area (Å²) >= 11 is 0. The fourth-order valence-corrected chi connectivity index (χ4v) is 3.47. The van der Waals surface area contributed by atoms with Crippen molar-refractivity contribution in [2.24, 2.45) is 0 Å². The molecular formula is C36H31FO8. The average Bonchev–Trinajstić information content (AvgIpc) is 2.95. The number of ether oxygens (including phenoxy) is 4. The Morgan fingerprint density at radius 2 is 0.911 bits per heavy atom. The zero-order chi connectivity index (χ0) is 33.4. The number of carbonyl (C=O) groups excluding carboxylic acids is 4. The number of esters is 4. The highest BCUT2D eigenvalue weighted by atomic mass is 19.1. The van der Waals surface area contributed by atoms with Crippen LogP contribution in [0.1, 0.15) is 38.8 Å². The summed E-state index contributed by atoms with van der Waals surface area (Å²) in [4.78, 5) is 48.4. The van der Waals surface area contributed by atoms with Crippen LogP contribution in [0.2, 0.25) is 0 Å². The Morgan fingerprint density at radius 3 is 1.27 bits per heavy atom. The lowest BCUT2D eigenvalue weighted by Crippen LogP contribution is -2.10. The molecule has 0 aromatic heterocycles. The van der Waals surface area contributed by atoms with E-state index in [-0.39, 0.29) is 50.9 Å². The van der Waals surface area contributed by atoms with Crippen molar-refractivity contribution in [3.63, 3.8) is 0 Å². The second-order valence-electron chi connectivity index (χ2n) is 10.2. The van der Waals surface area contributed by atoms with Crippen molar-refractivity contribution in [2.75, 3.05) is 0 Å². The van der Waals surface area contributed by atoms with E-state index in [0.717, 1.165) is 0 Å². The van der Waals surface area contributed by atoms with Gasteiger partial charge in [0.2, 0.25) is 0 Å². The van der Waals surface area contributed by atoms with Crippen molar-refractivity contribution in [2.45, 2.75) is 27.7 Å². The number of halogens is 1. The first-order valence-electron chi connectivity index (χ1n) is 13.4. The number of hydrogen-bond donors (Lipinski definition) is 0. The van der Waals surface area contributed by atoms with E-state index in [1.807, 2.05) is 0 Å². The lowest BCUT2D eigenvalue weighted by atomic mass is 10.0. The normalized spacial score (nSPS) is 10.5. The Kier molecular flexibility index (Phi) is 10.9. The predicted octanol–water partition coefficient (Wildman–Crippen LogP) is 7.59. The maximum absolute atomic E-state index is 15.3. The summed E-state index contributed by atoms with van der Waals surface area (Å²) in [6.07, 6.45) is 3.02. The highest BCUT2D eigenvalue weighted by Gasteiger charge is 2.15. The molecule has 3 rings (SSSR count). The van der Waals surface area contributed by atoms with Gasteiger partial charge in [0, 0.05) is 40.0 Å². The van der Waals surface area contributed by atoms with Crippen LogP contribution < -0.4 is 18.9 Å². The van der Waals surface area contributed by atoms with Crippen molar-refractivity contribution in [3.05, 3.63) is 120 Å². The van der Waals surface area contributed by atoms with Gasteiger partial charge < -0.3 is 18.9 Å². The standard InChI is InChI=1S/C36H31FO8/c1-20(2)33(38)42-28-13-24(14-29(18-28)43-34(39)21(3)4)9-10-25-11-12-26(17-32(25)37)27-15-30(44-35(40)22(5)6)19-31(16-27)45-36(41)23(7)8/h9-19H,1,3,5,7H2,2,4,6,8H3. The molecule has 8 nitrogen and oxygen atoms in total. The van der Waals surface area contributed by atoms with Crippen molar-refractivity contribution in [1.82, 2.24) is 0 Å². The monoisotopic (exact) mass is 610 g/mol. The quantitative estimate of drug-likeness (QED) is 0.0947. The molecule has 0 aliphatic carbocycles. The molecule has 230 valence electrons. The molecule has 3 aromatic carbocycles. The first-order chi connectivity index (χ1) is 21.1. The second-order valence-corrected chi connectivity index (χ2v) is 10.2. The molecule has 9 heteroatoms. The molecule has 0 atom stereocenters. The van der Waals surface area contributed by atoms with Gasteiger partial charge in [-0.2, -0.15) is 0 Å². The Bertz CT molecular complexity index is 1700. The van der Waals surface area contributed by atoms with E-state index in [0.29, 0.717) is 16.7 Å². The largest absolute Gasteiger partial charge is 0.423 e. The molecule has 0 N–H and O–H groups in total. The third-order valence-corrected chi connectivity index (χ3v) is 5.81. The van der Waals surface area contributed by atoms with Crippen LogP contribution in [0.15, 0.2) is 103 Å². The minimum Gasteiger partial charge on any atom is -0.423 e. The number of carbonyl (C=O) groups is 4. The van der Waals surface area contributed by atoms with Crippen molar-refractivity contribution >= 4 is 36.0 Å². The van der Waals surface area contributed by atoms with Gasteiger partial charge in [-0.1, -0.05) is 50.6 Å². The third kappa shape index (κ3) is 9.59.